The van der Waals surface area contributed by atoms with E-state index in [2.05, 4.69) is 15.3 Å². The summed E-state index contributed by atoms with van der Waals surface area (Å²) in [7, 11) is 5.58. The highest BCUT2D eigenvalue weighted by Gasteiger charge is 2.21. The van der Waals surface area contributed by atoms with Crippen molar-refractivity contribution in [3.63, 3.8) is 0 Å². The number of hydrogen-bond donors (Lipinski definition) is 1. The number of amides is 1. The number of likely N-dealkylation sites (N-methyl/N-ethyl adjacent to an activating group) is 1. The molecule has 1 saturated heterocycles. The first-order valence-electron chi connectivity index (χ1n) is 7.19. The van der Waals surface area contributed by atoms with E-state index in [9.17, 15) is 4.79 Å². The van der Waals surface area contributed by atoms with Crippen molar-refractivity contribution in [2.45, 2.75) is 25.4 Å². The molecule has 20 heavy (non-hydrogen) atoms. The first-order valence-corrected chi connectivity index (χ1v) is 7.19. The molecule has 0 unspecified atom stereocenters. The zero-order chi connectivity index (χ0) is 14.5. The van der Waals surface area contributed by atoms with E-state index in [1.165, 1.54) is 5.69 Å². The average molecular weight is 279 g/mol. The minimum absolute atomic E-state index is 0.186. The molecule has 1 aromatic rings. The predicted octanol–water partition coefficient (Wildman–Crippen LogP) is 0.0623. The summed E-state index contributed by atoms with van der Waals surface area (Å²) < 4.78 is 1.90. The molecule has 0 saturated carbocycles. The fourth-order valence-electron chi connectivity index (χ4n) is 2.45. The number of rotatable bonds is 5. The molecule has 1 amide bonds. The third-order valence-electron chi connectivity index (χ3n) is 3.94. The van der Waals surface area contributed by atoms with Crippen molar-refractivity contribution in [1.82, 2.24) is 24.9 Å². The zero-order valence-electron chi connectivity index (χ0n) is 12.7. The molecule has 0 bridgehead atoms. The molecule has 1 aromatic heterocycles. The van der Waals surface area contributed by atoms with Crippen LogP contribution >= 0.6 is 0 Å². The van der Waals surface area contributed by atoms with Crippen molar-refractivity contribution < 1.29 is 4.79 Å². The van der Waals surface area contributed by atoms with Gasteiger partial charge in [0.15, 0.2) is 0 Å². The quantitative estimate of drug-likeness (QED) is 0.828. The van der Waals surface area contributed by atoms with Gasteiger partial charge in [-0.05, 0) is 18.9 Å². The summed E-state index contributed by atoms with van der Waals surface area (Å²) in [6.07, 6.45) is 4.02. The molecule has 6 nitrogen and oxygen atoms in total. The summed E-state index contributed by atoms with van der Waals surface area (Å²) in [6.45, 7) is 3.38. The molecule has 0 radical (unpaired) electrons. The highest BCUT2D eigenvalue weighted by atomic mass is 16.2. The SMILES string of the molecule is CN(C)C(=O)CN1CCC(NCc2ccnn2C)CC1. The van der Waals surface area contributed by atoms with Crippen LogP contribution in [0, 0.1) is 0 Å². The summed E-state index contributed by atoms with van der Waals surface area (Å²) in [4.78, 5) is 15.6. The van der Waals surface area contributed by atoms with Gasteiger partial charge in [0.2, 0.25) is 5.91 Å². The number of hydrogen-bond acceptors (Lipinski definition) is 4. The minimum Gasteiger partial charge on any atom is -0.348 e. The topological polar surface area (TPSA) is 53.4 Å². The highest BCUT2D eigenvalue weighted by molar-refractivity contribution is 5.77. The monoisotopic (exact) mass is 279 g/mol. The second-order valence-electron chi connectivity index (χ2n) is 5.67. The van der Waals surface area contributed by atoms with E-state index < -0.39 is 0 Å². The van der Waals surface area contributed by atoms with Crippen molar-refractivity contribution in [3.05, 3.63) is 18.0 Å². The van der Waals surface area contributed by atoms with Gasteiger partial charge < -0.3 is 10.2 Å². The maximum absolute atomic E-state index is 11.7. The molecule has 2 rings (SSSR count). The van der Waals surface area contributed by atoms with Crippen molar-refractivity contribution in [1.29, 1.82) is 0 Å². The first kappa shape index (κ1) is 15.0. The number of likely N-dealkylation sites (tertiary alicyclic amines) is 1. The van der Waals surface area contributed by atoms with Gasteiger partial charge >= 0.3 is 0 Å². The standard InChI is InChI=1S/C14H25N5O/c1-17(2)14(20)11-19-8-5-12(6-9-19)15-10-13-4-7-16-18(13)3/h4,7,12,15H,5-6,8-11H2,1-3H3. The molecule has 1 aliphatic rings. The maximum Gasteiger partial charge on any atom is 0.236 e. The number of nitrogens with one attached hydrogen (secondary N) is 1. The molecule has 1 N–H and O–H groups in total. The van der Waals surface area contributed by atoms with Crippen LogP contribution in [-0.4, -0.2) is 65.3 Å². The lowest BCUT2D eigenvalue weighted by atomic mass is 10.0. The number of carbonyl (C=O) groups excluding carboxylic acids is 1. The third-order valence-corrected chi connectivity index (χ3v) is 3.94. The van der Waals surface area contributed by atoms with Crippen LogP contribution in [0.1, 0.15) is 18.5 Å². The van der Waals surface area contributed by atoms with Gasteiger partial charge in [0.05, 0.1) is 12.2 Å². The van der Waals surface area contributed by atoms with Crippen LogP contribution < -0.4 is 5.32 Å². The molecule has 0 aliphatic carbocycles. The van der Waals surface area contributed by atoms with Crippen molar-refractivity contribution in [2.24, 2.45) is 7.05 Å². The third kappa shape index (κ3) is 4.05. The van der Waals surface area contributed by atoms with Crippen LogP contribution in [0.15, 0.2) is 12.3 Å². The van der Waals surface area contributed by atoms with Crippen LogP contribution in [0.3, 0.4) is 0 Å². The normalized spacial score (nSPS) is 17.4. The summed E-state index contributed by atoms with van der Waals surface area (Å²) in [5.41, 5.74) is 1.20. The Bertz CT molecular complexity index is 435. The van der Waals surface area contributed by atoms with E-state index in [1.54, 1.807) is 4.90 Å². The van der Waals surface area contributed by atoms with Crippen LogP contribution in [0.2, 0.25) is 0 Å². The average Bonchev–Trinajstić information content (AvgIpc) is 2.83. The smallest absolute Gasteiger partial charge is 0.236 e. The Labute approximate surface area is 120 Å². The van der Waals surface area contributed by atoms with Gasteiger partial charge in [-0.3, -0.25) is 14.4 Å². The molecule has 0 atom stereocenters. The molecule has 1 aliphatic heterocycles. The summed E-state index contributed by atoms with van der Waals surface area (Å²) in [5, 5.41) is 7.75. The maximum atomic E-state index is 11.7. The van der Waals surface area contributed by atoms with Crippen LogP contribution in [-0.2, 0) is 18.4 Å². The molecule has 0 aromatic carbocycles. The molecule has 1 fully saturated rings. The summed E-state index contributed by atoms with van der Waals surface area (Å²) in [5.74, 6) is 0.186. The minimum atomic E-state index is 0.186. The Balaban J connectivity index is 1.69. The second kappa shape index (κ2) is 6.85. The lowest BCUT2D eigenvalue weighted by molar-refractivity contribution is -0.130. The van der Waals surface area contributed by atoms with Gasteiger partial charge in [0.1, 0.15) is 0 Å². The van der Waals surface area contributed by atoms with Crippen molar-refractivity contribution >= 4 is 5.91 Å². The van der Waals surface area contributed by atoms with Crippen molar-refractivity contribution in [3.8, 4) is 0 Å². The van der Waals surface area contributed by atoms with Gasteiger partial charge in [-0.15, -0.1) is 0 Å². The zero-order valence-corrected chi connectivity index (χ0v) is 12.7. The first-order chi connectivity index (χ1) is 9.56. The fraction of sp³-hybridized carbons (Fsp3) is 0.714. The Kier molecular flexibility index (Phi) is 5.14. The van der Waals surface area contributed by atoms with Crippen LogP contribution in [0.25, 0.3) is 0 Å². The van der Waals surface area contributed by atoms with E-state index in [4.69, 9.17) is 0 Å². The number of nitrogens with zero attached hydrogens (tertiary/aromatic N) is 4. The van der Waals surface area contributed by atoms with Gasteiger partial charge in [0, 0.05) is 53.0 Å². The Morgan fingerprint density at radius 2 is 2.15 bits per heavy atom. The molecule has 2 heterocycles. The number of carbonyl (C=O) groups is 1. The molecule has 112 valence electrons. The van der Waals surface area contributed by atoms with Gasteiger partial charge in [0.25, 0.3) is 0 Å². The van der Waals surface area contributed by atoms with Crippen molar-refractivity contribution in [2.75, 3.05) is 33.7 Å². The lowest BCUT2D eigenvalue weighted by Crippen LogP contribution is -2.45. The number of aromatic nitrogens is 2. The molecule has 6 heteroatoms. The van der Waals surface area contributed by atoms with E-state index in [-0.39, 0.29) is 5.91 Å². The highest BCUT2D eigenvalue weighted by Crippen LogP contribution is 2.11. The van der Waals surface area contributed by atoms with E-state index in [0.717, 1.165) is 32.5 Å². The van der Waals surface area contributed by atoms with E-state index in [1.807, 2.05) is 38.1 Å². The van der Waals surface area contributed by atoms with Crippen LogP contribution in [0.4, 0.5) is 0 Å². The largest absolute Gasteiger partial charge is 0.348 e. The van der Waals surface area contributed by atoms with E-state index in [0.29, 0.717) is 12.6 Å². The van der Waals surface area contributed by atoms with Gasteiger partial charge in [-0.1, -0.05) is 0 Å². The molecular weight excluding hydrogens is 254 g/mol. The van der Waals surface area contributed by atoms with Crippen LogP contribution in [0.5, 0.6) is 0 Å². The summed E-state index contributed by atoms with van der Waals surface area (Å²) >= 11 is 0. The van der Waals surface area contributed by atoms with E-state index >= 15 is 0 Å². The molecular formula is C14H25N5O. The Morgan fingerprint density at radius 1 is 1.45 bits per heavy atom. The summed E-state index contributed by atoms with van der Waals surface area (Å²) in [6, 6.07) is 2.58. The Hall–Kier alpha value is -1.40. The van der Waals surface area contributed by atoms with Gasteiger partial charge in [-0.2, -0.15) is 5.10 Å². The molecule has 0 spiro atoms. The fourth-order valence-corrected chi connectivity index (χ4v) is 2.45. The van der Waals surface area contributed by atoms with Gasteiger partial charge in [-0.25, -0.2) is 0 Å². The predicted molar refractivity (Wildman–Crippen MR) is 78.2 cm³/mol. The Morgan fingerprint density at radius 3 is 2.70 bits per heavy atom. The lowest BCUT2D eigenvalue weighted by Gasteiger charge is -2.32. The second-order valence-corrected chi connectivity index (χ2v) is 5.67. The number of piperidine rings is 1. The number of aryl methyl sites for hydroxylation is 1.